The van der Waals surface area contributed by atoms with Gasteiger partial charge >= 0.3 is 35.5 Å². The molecule has 8 aromatic carbocycles. The molecule has 0 aliphatic heterocycles. The third kappa shape index (κ3) is 11.0. The fraction of sp³-hybridized carbons (Fsp3) is 0.0909. The number of carbonyl (C=O) groups excluding carboxylic acids is 1. The molecule has 1 heterocycles. The number of benzene rings is 8. The molecule has 6 nitrogen and oxygen atoms in total. The average Bonchev–Trinajstić information content (AvgIpc) is 3.41. The Hall–Kier alpha value is -6.03. The van der Waals surface area contributed by atoms with Gasteiger partial charge in [0.05, 0.1) is 5.39 Å². The van der Waals surface area contributed by atoms with Gasteiger partial charge in [-0.05, 0) is 11.5 Å². The molecular formula is C55H37EuF11O6P2. The van der Waals surface area contributed by atoms with Crippen molar-refractivity contribution in [3.8, 4) is 5.75 Å². The molecule has 9 aromatic rings. The smallest absolute Gasteiger partial charge is 0.460 e. The van der Waals surface area contributed by atoms with E-state index in [0.717, 1.165) is 37.9 Å². The van der Waals surface area contributed by atoms with Crippen LogP contribution >= 0.6 is 14.3 Å². The van der Waals surface area contributed by atoms with Gasteiger partial charge in [0.2, 0.25) is 5.78 Å². The van der Waals surface area contributed by atoms with Gasteiger partial charge in [-0.15, -0.1) is 0 Å². The monoisotopic (exact) mass is 1220 g/mol. The summed E-state index contributed by atoms with van der Waals surface area (Å²) in [6.07, 6.45) is -7.43. The Morgan fingerprint density at radius 2 is 0.707 bits per heavy atom. The molecule has 0 amide bonds. The van der Waals surface area contributed by atoms with Gasteiger partial charge in [0.25, 0.3) is 0 Å². The van der Waals surface area contributed by atoms with E-state index < -0.39 is 77.8 Å². The number of rotatable bonds is 11. The number of ketones is 1. The first-order valence-electron chi connectivity index (χ1n) is 21.8. The summed E-state index contributed by atoms with van der Waals surface area (Å²) in [7, 11) is -5.55. The molecule has 0 aliphatic carbocycles. The van der Waals surface area contributed by atoms with E-state index in [2.05, 4.69) is 4.42 Å². The van der Waals surface area contributed by atoms with Gasteiger partial charge in [-0.25, -0.2) is 4.79 Å². The van der Waals surface area contributed by atoms with E-state index in [4.69, 9.17) is 0 Å². The minimum absolute atomic E-state index is 0. The first-order valence-corrected chi connectivity index (χ1v) is 25.2. The molecule has 387 valence electrons. The average molecular weight is 1220 g/mol. The molecular weight excluding hydrogens is 1180 g/mol. The second kappa shape index (κ2) is 23.1. The van der Waals surface area contributed by atoms with Crippen molar-refractivity contribution in [3.05, 3.63) is 234 Å². The summed E-state index contributed by atoms with van der Waals surface area (Å²) >= 11 is 0. The predicted octanol–water partition coefficient (Wildman–Crippen LogP) is 12.6. The largest absolute Gasteiger partial charge is 0.506 e. The van der Waals surface area contributed by atoms with Gasteiger partial charge in [0.15, 0.2) is 19.8 Å². The Labute approximate surface area is 461 Å². The van der Waals surface area contributed by atoms with Crippen molar-refractivity contribution < 1.29 is 121 Å². The van der Waals surface area contributed by atoms with Crippen molar-refractivity contribution in [2.45, 2.75) is 29.9 Å². The van der Waals surface area contributed by atoms with Gasteiger partial charge in [0, 0.05) is 86.6 Å². The molecule has 0 saturated carbocycles. The first-order chi connectivity index (χ1) is 34.9. The maximum atomic E-state index is 14.1. The summed E-state index contributed by atoms with van der Waals surface area (Å²) in [6, 6.07) is 65.9. The Morgan fingerprint density at radius 3 is 1.03 bits per heavy atom. The number of aromatic hydroxyl groups is 1. The van der Waals surface area contributed by atoms with Crippen LogP contribution in [0.3, 0.4) is 0 Å². The van der Waals surface area contributed by atoms with E-state index in [1.54, 1.807) is 0 Å². The van der Waals surface area contributed by atoms with Gasteiger partial charge in [0.1, 0.15) is 11.3 Å². The second-order valence-corrected chi connectivity index (χ2v) is 21.7. The van der Waals surface area contributed by atoms with Crippen LogP contribution in [0.25, 0.3) is 21.7 Å². The van der Waals surface area contributed by atoms with Gasteiger partial charge < -0.3 is 18.7 Å². The molecule has 9 rings (SSSR count). The van der Waals surface area contributed by atoms with Crippen molar-refractivity contribution in [1.82, 2.24) is 0 Å². The normalized spacial score (nSPS) is 12.4. The molecule has 0 atom stereocenters. The number of hydrogen-bond donors (Lipinski definition) is 1. The number of hydrogen-bond acceptors (Lipinski definition) is 6. The third-order valence-corrected chi connectivity index (χ3v) is 17.7. The molecule has 0 bridgehead atoms. The van der Waals surface area contributed by atoms with Crippen LogP contribution in [0.4, 0.5) is 48.3 Å². The van der Waals surface area contributed by atoms with Crippen molar-refractivity contribution in [3.63, 3.8) is 0 Å². The summed E-state index contributed by atoms with van der Waals surface area (Å²) < 4.78 is 178. The van der Waals surface area contributed by atoms with Crippen molar-refractivity contribution in [1.29, 1.82) is 0 Å². The van der Waals surface area contributed by atoms with E-state index in [0.29, 0.717) is 5.39 Å². The summed E-state index contributed by atoms with van der Waals surface area (Å²) in [5.74, 6) is -35.8. The van der Waals surface area contributed by atoms with Gasteiger partial charge in [-0.1, -0.05) is 212 Å². The second-order valence-electron chi connectivity index (χ2n) is 16.1. The molecule has 0 unspecified atom stereocenters. The van der Waals surface area contributed by atoms with Gasteiger partial charge in [-0.2, -0.15) is 48.3 Å². The van der Waals surface area contributed by atoms with Crippen LogP contribution in [-0.4, -0.2) is 40.8 Å². The fourth-order valence-corrected chi connectivity index (χ4v) is 13.0. The fourth-order valence-electron chi connectivity index (χ4n) is 7.71. The molecule has 0 spiro atoms. The third-order valence-electron chi connectivity index (χ3n) is 11.5. The summed E-state index contributed by atoms with van der Waals surface area (Å²) in [5.41, 5.74) is -5.19. The van der Waals surface area contributed by atoms with Crippen molar-refractivity contribution >= 4 is 73.6 Å². The minimum atomic E-state index is -7.86. The zero-order valence-electron chi connectivity index (χ0n) is 38.2. The van der Waals surface area contributed by atoms with E-state index >= 15 is 0 Å². The topological polar surface area (TPSA) is 102 Å². The van der Waals surface area contributed by atoms with Crippen LogP contribution in [0, 0.1) is 49.4 Å². The van der Waals surface area contributed by atoms with E-state index in [1.165, 1.54) is 30.3 Å². The van der Waals surface area contributed by atoms with E-state index in [1.807, 2.05) is 182 Å². The zero-order chi connectivity index (χ0) is 53.7. The number of halogens is 11. The van der Waals surface area contributed by atoms with E-state index in [-0.39, 0.29) is 54.8 Å². The Bertz CT molecular complexity index is 3220. The Kier molecular flexibility index (Phi) is 17.9. The van der Waals surface area contributed by atoms with Crippen LogP contribution in [-0.2, 0) is 9.13 Å². The van der Waals surface area contributed by atoms with Crippen LogP contribution in [0.2, 0.25) is 0 Å². The van der Waals surface area contributed by atoms with Crippen LogP contribution < -0.4 is 37.5 Å². The number of Topliss-reactive ketones (excluding diaryl/α,β-unsaturated/α-hetero) is 1. The molecule has 0 saturated heterocycles. The number of alkyl halides is 11. The molecule has 1 radical (unpaired) electrons. The molecule has 1 aromatic heterocycles. The zero-order valence-corrected chi connectivity index (χ0v) is 42.4. The standard InChI is InChI=1S/C19H7F11O4.2C18H15OP.Eu/c20-15(21,16(22,23)17(24,25)18(26,27)19(28,29)30)13(32)10-11(31)9-6-5-7-3-1-2-4-8(7)12(9)34-14(10)33;2*19-20(16-10-4-1-5-11-16,17-12-6-2-7-13-17)18-14-8-3-9-15-18;/h1-6,31H;2*1-15H;. The Morgan fingerprint density at radius 1 is 0.400 bits per heavy atom. The quantitative estimate of drug-likeness (QED) is 0.0455. The molecule has 0 aliphatic rings. The maximum absolute atomic E-state index is 14.1. The van der Waals surface area contributed by atoms with Crippen molar-refractivity contribution in [2.24, 2.45) is 0 Å². The van der Waals surface area contributed by atoms with E-state index in [9.17, 15) is 72.1 Å². The number of fused-ring (bicyclic) bond motifs is 3. The van der Waals surface area contributed by atoms with Gasteiger partial charge in [-0.3, -0.25) is 4.79 Å². The van der Waals surface area contributed by atoms with Crippen molar-refractivity contribution in [2.75, 3.05) is 0 Å². The molecule has 1 N–H and O–H groups in total. The number of carbonyl (C=O) groups is 1. The molecule has 20 heteroatoms. The first kappa shape index (κ1) is 58.2. The maximum Gasteiger partial charge on any atom is 0.460 e. The predicted molar refractivity (Wildman–Crippen MR) is 263 cm³/mol. The Balaban J connectivity index is 0.000000192. The summed E-state index contributed by atoms with van der Waals surface area (Å²) in [6.45, 7) is 0. The molecule has 0 fully saturated rings. The van der Waals surface area contributed by atoms with Crippen LogP contribution in [0.5, 0.6) is 5.75 Å². The van der Waals surface area contributed by atoms with Crippen LogP contribution in [0.15, 0.2) is 228 Å². The SMILES string of the molecule is O=C(c1c(O)c2ccc3ccccc3c2oc1=O)C(F)(F)C(F)(F)C(F)(F)C(F)(F)C(F)(F)F.O=P(c1ccccc1)(c1ccccc1)c1ccccc1.O=P(c1ccccc1)(c1ccccc1)c1ccccc1.[Eu]. The summed E-state index contributed by atoms with van der Waals surface area (Å²) in [4.78, 5) is 24.1. The summed E-state index contributed by atoms with van der Waals surface area (Å²) in [5, 5.41) is 15.0. The molecule has 75 heavy (non-hydrogen) atoms. The minimum Gasteiger partial charge on any atom is -0.506 e. The van der Waals surface area contributed by atoms with Crippen LogP contribution in [0.1, 0.15) is 10.4 Å².